The van der Waals surface area contributed by atoms with Gasteiger partial charge >= 0.3 is 5.51 Å². The molecule has 5 nitrogen and oxygen atoms in total. The Morgan fingerprint density at radius 2 is 1.97 bits per heavy atom. The van der Waals surface area contributed by atoms with Crippen molar-refractivity contribution in [3.8, 4) is 5.75 Å². The maximum atomic E-state index is 12.9. The van der Waals surface area contributed by atoms with Crippen molar-refractivity contribution in [2.45, 2.75) is 36.5 Å². The molecule has 9 heteroatoms. The van der Waals surface area contributed by atoms with Crippen molar-refractivity contribution >= 4 is 23.8 Å². The highest BCUT2D eigenvalue weighted by atomic mass is 32.2. The minimum absolute atomic E-state index is 0.0199. The molecular weight excluding hydrogens is 441 g/mol. The van der Waals surface area contributed by atoms with Gasteiger partial charge in [0.1, 0.15) is 11.4 Å². The number of thioether (sulfide) groups is 1. The number of aryl methyl sites for hydroxylation is 1. The number of alkyl halides is 3. The van der Waals surface area contributed by atoms with Gasteiger partial charge in [-0.05, 0) is 48.9 Å². The predicted molar refractivity (Wildman–Crippen MR) is 120 cm³/mol. The zero-order valence-electron chi connectivity index (χ0n) is 18.5. The average molecular weight is 469 g/mol. The summed E-state index contributed by atoms with van der Waals surface area (Å²) in [6.07, 6.45) is 1.76. The molecule has 0 amide bonds. The van der Waals surface area contributed by atoms with Crippen molar-refractivity contribution in [2.24, 2.45) is 4.99 Å². The SMILES string of the molecule is CCN(C)C=Nc1cc(OC)c(C2(OCc3ccccc3SC(F)(F)F)COC2)cc1C. The van der Waals surface area contributed by atoms with Crippen LogP contribution in [0.2, 0.25) is 0 Å². The largest absolute Gasteiger partial charge is 0.496 e. The van der Waals surface area contributed by atoms with E-state index in [2.05, 4.69) is 4.99 Å². The van der Waals surface area contributed by atoms with Gasteiger partial charge in [0.15, 0.2) is 0 Å². The van der Waals surface area contributed by atoms with E-state index in [1.165, 1.54) is 6.07 Å². The number of nitrogens with zero attached hydrogens (tertiary/aromatic N) is 2. The van der Waals surface area contributed by atoms with E-state index >= 15 is 0 Å². The van der Waals surface area contributed by atoms with E-state index in [9.17, 15) is 13.2 Å². The number of methoxy groups -OCH3 is 1. The summed E-state index contributed by atoms with van der Waals surface area (Å²) in [5.74, 6) is 0.600. The van der Waals surface area contributed by atoms with Crippen molar-refractivity contribution in [3.63, 3.8) is 0 Å². The van der Waals surface area contributed by atoms with Crippen LogP contribution in [-0.4, -0.2) is 50.7 Å². The Bertz CT molecular complexity index is 962. The van der Waals surface area contributed by atoms with E-state index in [0.29, 0.717) is 24.5 Å². The lowest BCUT2D eigenvalue weighted by atomic mass is 9.89. The molecule has 32 heavy (non-hydrogen) atoms. The molecule has 1 aliphatic rings. The van der Waals surface area contributed by atoms with Crippen molar-refractivity contribution in [2.75, 3.05) is 33.9 Å². The highest BCUT2D eigenvalue weighted by Gasteiger charge is 2.44. The summed E-state index contributed by atoms with van der Waals surface area (Å²) < 4.78 is 56.1. The van der Waals surface area contributed by atoms with Gasteiger partial charge in [-0.1, -0.05) is 18.2 Å². The van der Waals surface area contributed by atoms with Crippen LogP contribution in [0.25, 0.3) is 0 Å². The second-order valence-electron chi connectivity index (χ2n) is 7.59. The molecule has 174 valence electrons. The molecule has 2 aromatic carbocycles. The van der Waals surface area contributed by atoms with Gasteiger partial charge in [-0.25, -0.2) is 4.99 Å². The first kappa shape index (κ1) is 24.4. The lowest BCUT2D eigenvalue weighted by Crippen LogP contribution is -2.49. The average Bonchev–Trinajstić information content (AvgIpc) is 2.72. The number of aliphatic imine (C=N–C) groups is 1. The van der Waals surface area contributed by atoms with Crippen molar-refractivity contribution in [1.82, 2.24) is 4.90 Å². The van der Waals surface area contributed by atoms with E-state index in [-0.39, 0.29) is 23.3 Å². The highest BCUT2D eigenvalue weighted by Crippen LogP contribution is 2.44. The Labute approximate surface area is 190 Å². The van der Waals surface area contributed by atoms with Crippen LogP contribution in [0.1, 0.15) is 23.6 Å². The van der Waals surface area contributed by atoms with Gasteiger partial charge in [-0.3, -0.25) is 0 Å². The van der Waals surface area contributed by atoms with Gasteiger partial charge in [0, 0.05) is 30.1 Å². The van der Waals surface area contributed by atoms with Crippen molar-refractivity contribution in [1.29, 1.82) is 0 Å². The van der Waals surface area contributed by atoms with Crippen molar-refractivity contribution < 1.29 is 27.4 Å². The molecule has 0 radical (unpaired) electrons. The van der Waals surface area contributed by atoms with Gasteiger partial charge in [0.25, 0.3) is 0 Å². The summed E-state index contributed by atoms with van der Waals surface area (Å²) in [7, 11) is 3.51. The van der Waals surface area contributed by atoms with Crippen LogP contribution in [0, 0.1) is 6.92 Å². The topological polar surface area (TPSA) is 43.3 Å². The van der Waals surface area contributed by atoms with Gasteiger partial charge in [0.2, 0.25) is 0 Å². The summed E-state index contributed by atoms with van der Waals surface area (Å²) in [5.41, 5.74) is -2.18. The molecule has 0 aromatic heterocycles. The summed E-state index contributed by atoms with van der Waals surface area (Å²) in [5, 5.41) is 0. The fraction of sp³-hybridized carbons (Fsp3) is 0.435. The molecule has 0 atom stereocenters. The fourth-order valence-corrected chi connectivity index (χ4v) is 3.91. The fourth-order valence-electron chi connectivity index (χ4n) is 3.25. The minimum atomic E-state index is -4.37. The second-order valence-corrected chi connectivity index (χ2v) is 8.69. The number of rotatable bonds is 9. The highest BCUT2D eigenvalue weighted by molar-refractivity contribution is 8.00. The van der Waals surface area contributed by atoms with Crippen LogP contribution in [-0.2, 0) is 21.7 Å². The standard InChI is InChI=1S/C23H27F3N2O3S/c1-5-28(3)15-27-19-11-20(29-4)18(10-16(19)2)22(13-30-14-22)31-12-17-8-6-7-9-21(17)32-23(24,25)26/h6-11,15H,5,12-14H2,1-4H3. The molecular formula is C23H27F3N2O3S. The minimum Gasteiger partial charge on any atom is -0.496 e. The molecule has 1 heterocycles. The van der Waals surface area contributed by atoms with E-state index in [4.69, 9.17) is 14.2 Å². The monoisotopic (exact) mass is 468 g/mol. The lowest BCUT2D eigenvalue weighted by molar-refractivity contribution is -0.223. The van der Waals surface area contributed by atoms with E-state index in [0.717, 1.165) is 23.4 Å². The van der Waals surface area contributed by atoms with Gasteiger partial charge < -0.3 is 19.1 Å². The zero-order valence-corrected chi connectivity index (χ0v) is 19.3. The Balaban J connectivity index is 1.87. The van der Waals surface area contributed by atoms with Crippen LogP contribution in [0.15, 0.2) is 46.3 Å². The Morgan fingerprint density at radius 1 is 1.25 bits per heavy atom. The van der Waals surface area contributed by atoms with E-state index < -0.39 is 11.1 Å². The predicted octanol–water partition coefficient (Wildman–Crippen LogP) is 5.67. The molecule has 0 unspecified atom stereocenters. The number of halogens is 3. The van der Waals surface area contributed by atoms with Crippen LogP contribution in [0.3, 0.4) is 0 Å². The van der Waals surface area contributed by atoms with Crippen LogP contribution >= 0.6 is 11.8 Å². The Hall–Kier alpha value is -2.23. The summed E-state index contributed by atoms with van der Waals surface area (Å²) in [6, 6.07) is 10.2. The Morgan fingerprint density at radius 3 is 2.56 bits per heavy atom. The zero-order chi connectivity index (χ0) is 23.4. The molecule has 0 saturated carbocycles. The number of hydrogen-bond acceptors (Lipinski definition) is 5. The molecule has 0 aliphatic carbocycles. The Kier molecular flexibility index (Phi) is 7.74. The van der Waals surface area contributed by atoms with Gasteiger partial charge in [-0.2, -0.15) is 13.2 Å². The maximum absolute atomic E-state index is 12.9. The number of hydrogen-bond donors (Lipinski definition) is 0. The smallest absolute Gasteiger partial charge is 0.446 e. The third-order valence-electron chi connectivity index (χ3n) is 5.27. The molecule has 0 bridgehead atoms. The second kappa shape index (κ2) is 10.1. The number of ether oxygens (including phenoxy) is 3. The maximum Gasteiger partial charge on any atom is 0.446 e. The first-order valence-electron chi connectivity index (χ1n) is 10.2. The first-order valence-corrected chi connectivity index (χ1v) is 11.0. The van der Waals surface area contributed by atoms with E-state index in [1.807, 2.05) is 37.9 Å². The molecule has 2 aromatic rings. The molecule has 1 fully saturated rings. The number of benzene rings is 2. The third-order valence-corrected chi connectivity index (χ3v) is 6.12. The van der Waals surface area contributed by atoms with Crippen LogP contribution in [0.5, 0.6) is 5.75 Å². The van der Waals surface area contributed by atoms with Crippen molar-refractivity contribution in [3.05, 3.63) is 53.1 Å². The lowest BCUT2D eigenvalue weighted by Gasteiger charge is -2.42. The molecule has 0 spiro atoms. The van der Waals surface area contributed by atoms with Crippen LogP contribution < -0.4 is 4.74 Å². The van der Waals surface area contributed by atoms with Gasteiger partial charge in [-0.15, -0.1) is 0 Å². The quantitative estimate of drug-likeness (QED) is 0.270. The summed E-state index contributed by atoms with van der Waals surface area (Å²) in [4.78, 5) is 6.62. The summed E-state index contributed by atoms with van der Waals surface area (Å²) in [6.45, 7) is 5.42. The van der Waals surface area contributed by atoms with E-state index in [1.54, 1.807) is 31.6 Å². The normalized spacial score (nSPS) is 15.6. The molecule has 3 rings (SSSR count). The summed E-state index contributed by atoms with van der Waals surface area (Å²) >= 11 is -0.135. The van der Waals surface area contributed by atoms with Gasteiger partial charge in [0.05, 0.1) is 39.0 Å². The molecule has 1 saturated heterocycles. The first-order chi connectivity index (χ1) is 15.2. The van der Waals surface area contributed by atoms with Crippen LogP contribution in [0.4, 0.5) is 18.9 Å². The third kappa shape index (κ3) is 5.76. The molecule has 1 aliphatic heterocycles. The molecule has 0 N–H and O–H groups in total.